The van der Waals surface area contributed by atoms with Crippen LogP contribution in [0, 0.1) is 0 Å². The number of aromatic hydroxyl groups is 1. The number of phenols is 1. The lowest BCUT2D eigenvalue weighted by Crippen LogP contribution is -2.06. The summed E-state index contributed by atoms with van der Waals surface area (Å²) in [5.41, 5.74) is 4.84. The van der Waals surface area contributed by atoms with E-state index in [4.69, 9.17) is 9.47 Å². The van der Waals surface area contributed by atoms with Gasteiger partial charge < -0.3 is 20.0 Å². The fourth-order valence-corrected chi connectivity index (χ4v) is 3.13. The average Bonchev–Trinajstić information content (AvgIpc) is 2.56. The molecule has 0 saturated carbocycles. The Labute approximate surface area is 151 Å². The van der Waals surface area contributed by atoms with E-state index in [9.17, 15) is 5.11 Å². The number of ether oxygens (including phenoxy) is 2. The third-order valence-electron chi connectivity index (χ3n) is 3.08. The van der Waals surface area contributed by atoms with Gasteiger partial charge in [-0.1, -0.05) is 6.07 Å². The number of nitrogens with one attached hydrogen (secondary N) is 1. The van der Waals surface area contributed by atoms with Gasteiger partial charge in [0.1, 0.15) is 5.75 Å². The molecule has 0 saturated heterocycles. The summed E-state index contributed by atoms with van der Waals surface area (Å²) in [5.74, 6) is 1.54. The maximum Gasteiger partial charge on any atom is 0.161 e. The van der Waals surface area contributed by atoms with Gasteiger partial charge in [0.15, 0.2) is 11.5 Å². The second-order valence-electron chi connectivity index (χ2n) is 4.62. The van der Waals surface area contributed by atoms with Crippen molar-refractivity contribution >= 4 is 38.1 Å². The highest BCUT2D eigenvalue weighted by Gasteiger charge is 2.05. The van der Waals surface area contributed by atoms with Gasteiger partial charge in [-0.3, -0.25) is 0 Å². The predicted octanol–water partition coefficient (Wildman–Crippen LogP) is 4.06. The van der Waals surface area contributed by atoms with E-state index in [0.29, 0.717) is 27.0 Å². The van der Waals surface area contributed by atoms with Crippen LogP contribution in [0.5, 0.6) is 17.2 Å². The first kappa shape index (κ1) is 17.6. The fourth-order valence-electron chi connectivity index (χ4n) is 1.91. The Morgan fingerprint density at radius 1 is 1.09 bits per heavy atom. The number of benzene rings is 2. The van der Waals surface area contributed by atoms with Crippen LogP contribution in [-0.4, -0.2) is 25.5 Å². The lowest BCUT2D eigenvalue weighted by atomic mass is 10.2. The van der Waals surface area contributed by atoms with Gasteiger partial charge >= 0.3 is 0 Å². The minimum absolute atomic E-state index is 0.167. The second-order valence-corrected chi connectivity index (χ2v) is 6.32. The van der Waals surface area contributed by atoms with Crippen LogP contribution in [-0.2, 0) is 6.54 Å². The maximum absolute atomic E-state index is 9.67. The molecule has 2 aromatic rings. The SMILES string of the molecule is COc1ccc(CN/N=C\c2cc(Br)c(O)c(Br)c2)cc1OC. The van der Waals surface area contributed by atoms with Gasteiger partial charge in [0.25, 0.3) is 0 Å². The van der Waals surface area contributed by atoms with Gasteiger partial charge in [-0.05, 0) is 67.3 Å². The quantitative estimate of drug-likeness (QED) is 0.522. The Bertz CT molecular complexity index is 697. The second kappa shape index (κ2) is 8.21. The molecule has 0 atom stereocenters. The van der Waals surface area contributed by atoms with Crippen LogP contribution in [0.2, 0.25) is 0 Å². The van der Waals surface area contributed by atoms with Crippen LogP contribution in [0.25, 0.3) is 0 Å². The molecule has 0 unspecified atom stereocenters. The molecular formula is C16H16Br2N2O3. The summed E-state index contributed by atoms with van der Waals surface area (Å²) in [5, 5.41) is 13.8. The number of nitrogens with zero attached hydrogens (tertiary/aromatic N) is 1. The molecule has 0 aliphatic carbocycles. The van der Waals surface area contributed by atoms with Crippen molar-refractivity contribution in [2.24, 2.45) is 5.10 Å². The van der Waals surface area contributed by atoms with Crippen LogP contribution in [0.15, 0.2) is 44.4 Å². The Morgan fingerprint density at radius 3 is 2.35 bits per heavy atom. The molecule has 0 aromatic heterocycles. The molecule has 0 heterocycles. The van der Waals surface area contributed by atoms with E-state index in [0.717, 1.165) is 11.1 Å². The van der Waals surface area contributed by atoms with E-state index in [-0.39, 0.29) is 5.75 Å². The summed E-state index contributed by atoms with van der Waals surface area (Å²) in [6, 6.07) is 9.25. The van der Waals surface area contributed by atoms with Crippen LogP contribution >= 0.6 is 31.9 Å². The molecule has 122 valence electrons. The zero-order valence-electron chi connectivity index (χ0n) is 12.6. The third kappa shape index (κ3) is 4.62. The Morgan fingerprint density at radius 2 is 1.74 bits per heavy atom. The van der Waals surface area contributed by atoms with Crippen molar-refractivity contribution in [2.75, 3.05) is 14.2 Å². The number of methoxy groups -OCH3 is 2. The summed E-state index contributed by atoms with van der Waals surface area (Å²) >= 11 is 6.57. The molecular weight excluding hydrogens is 428 g/mol. The van der Waals surface area contributed by atoms with Crippen molar-refractivity contribution < 1.29 is 14.6 Å². The van der Waals surface area contributed by atoms with Crippen molar-refractivity contribution in [3.8, 4) is 17.2 Å². The molecule has 0 fully saturated rings. The zero-order chi connectivity index (χ0) is 16.8. The number of phenolic OH excluding ortho intramolecular Hbond substituents is 1. The zero-order valence-corrected chi connectivity index (χ0v) is 15.8. The summed E-state index contributed by atoms with van der Waals surface area (Å²) in [6.45, 7) is 0.553. The summed E-state index contributed by atoms with van der Waals surface area (Å²) in [4.78, 5) is 0. The Hall–Kier alpha value is -1.73. The molecule has 0 aliphatic heterocycles. The molecule has 0 amide bonds. The number of hydrazone groups is 1. The molecule has 0 aliphatic rings. The van der Waals surface area contributed by atoms with Crippen LogP contribution in [0.4, 0.5) is 0 Å². The molecule has 0 bridgehead atoms. The van der Waals surface area contributed by atoms with Crippen LogP contribution in [0.1, 0.15) is 11.1 Å². The summed E-state index contributed by atoms with van der Waals surface area (Å²) in [6.07, 6.45) is 1.68. The van der Waals surface area contributed by atoms with Gasteiger partial charge in [-0.25, -0.2) is 0 Å². The topological polar surface area (TPSA) is 63.1 Å². The van der Waals surface area contributed by atoms with Gasteiger partial charge in [0.2, 0.25) is 0 Å². The molecule has 23 heavy (non-hydrogen) atoms. The number of halogens is 2. The molecule has 5 nitrogen and oxygen atoms in total. The fraction of sp³-hybridized carbons (Fsp3) is 0.188. The minimum Gasteiger partial charge on any atom is -0.506 e. The van der Waals surface area contributed by atoms with Crippen molar-refractivity contribution in [1.29, 1.82) is 0 Å². The van der Waals surface area contributed by atoms with Crippen molar-refractivity contribution in [3.05, 3.63) is 50.4 Å². The van der Waals surface area contributed by atoms with Crippen LogP contribution in [0.3, 0.4) is 0 Å². The molecule has 7 heteroatoms. The van der Waals surface area contributed by atoms with E-state index in [1.807, 2.05) is 18.2 Å². The van der Waals surface area contributed by atoms with E-state index in [1.54, 1.807) is 32.6 Å². The van der Waals surface area contributed by atoms with Gasteiger partial charge in [-0.2, -0.15) is 5.10 Å². The van der Waals surface area contributed by atoms with E-state index in [1.165, 1.54) is 0 Å². The Kier molecular flexibility index (Phi) is 6.29. The van der Waals surface area contributed by atoms with E-state index < -0.39 is 0 Å². The molecule has 2 aromatic carbocycles. The lowest BCUT2D eigenvalue weighted by molar-refractivity contribution is 0.354. The van der Waals surface area contributed by atoms with Crippen molar-refractivity contribution in [3.63, 3.8) is 0 Å². The van der Waals surface area contributed by atoms with Gasteiger partial charge in [0.05, 0.1) is 35.9 Å². The van der Waals surface area contributed by atoms with Gasteiger partial charge in [0, 0.05) is 0 Å². The smallest absolute Gasteiger partial charge is 0.161 e. The highest BCUT2D eigenvalue weighted by atomic mass is 79.9. The van der Waals surface area contributed by atoms with E-state index in [2.05, 4.69) is 42.4 Å². The van der Waals surface area contributed by atoms with E-state index >= 15 is 0 Å². The number of hydrogen-bond donors (Lipinski definition) is 2. The van der Waals surface area contributed by atoms with Crippen molar-refractivity contribution in [1.82, 2.24) is 5.43 Å². The first-order chi connectivity index (χ1) is 11.0. The minimum atomic E-state index is 0.167. The standard InChI is InChI=1S/C16H16Br2N2O3/c1-22-14-4-3-10(7-15(14)23-2)8-19-20-9-11-5-12(17)16(21)13(18)6-11/h3-7,9,19,21H,8H2,1-2H3/b20-9-. The first-order valence-corrected chi connectivity index (χ1v) is 8.28. The highest BCUT2D eigenvalue weighted by Crippen LogP contribution is 2.32. The maximum atomic E-state index is 9.67. The predicted molar refractivity (Wildman–Crippen MR) is 97.5 cm³/mol. The monoisotopic (exact) mass is 442 g/mol. The molecule has 2 N–H and O–H groups in total. The number of rotatable bonds is 6. The molecule has 0 spiro atoms. The highest BCUT2D eigenvalue weighted by molar-refractivity contribution is 9.11. The average molecular weight is 444 g/mol. The molecule has 0 radical (unpaired) electrons. The van der Waals surface area contributed by atoms with Crippen LogP contribution < -0.4 is 14.9 Å². The molecule has 2 rings (SSSR count). The van der Waals surface area contributed by atoms with Crippen molar-refractivity contribution in [2.45, 2.75) is 6.54 Å². The largest absolute Gasteiger partial charge is 0.506 e. The normalized spacial score (nSPS) is 10.8. The lowest BCUT2D eigenvalue weighted by Gasteiger charge is -2.09. The summed E-state index contributed by atoms with van der Waals surface area (Å²) < 4.78 is 11.7. The number of hydrogen-bond acceptors (Lipinski definition) is 5. The summed E-state index contributed by atoms with van der Waals surface area (Å²) in [7, 11) is 3.21. The third-order valence-corrected chi connectivity index (χ3v) is 4.28. The first-order valence-electron chi connectivity index (χ1n) is 6.70. The Balaban J connectivity index is 1.99. The van der Waals surface area contributed by atoms with Gasteiger partial charge in [-0.15, -0.1) is 0 Å².